The number of ether oxygens (including phenoxy) is 2. The molecule has 1 N–H and O–H groups in total. The van der Waals surface area contributed by atoms with E-state index in [1.54, 1.807) is 0 Å². The Balaban J connectivity index is 1.61. The van der Waals surface area contributed by atoms with Crippen LogP contribution in [0.2, 0.25) is 0 Å². The average molecular weight is 387 g/mol. The minimum Gasteiger partial charge on any atom is -0.434 e. The van der Waals surface area contributed by atoms with Crippen LogP contribution in [0.3, 0.4) is 0 Å². The Morgan fingerprint density at radius 2 is 1.96 bits per heavy atom. The first kappa shape index (κ1) is 19.9. The quantitative estimate of drug-likeness (QED) is 0.778. The highest BCUT2D eigenvalue weighted by atomic mass is 32.2. The van der Waals surface area contributed by atoms with Crippen molar-refractivity contribution in [3.63, 3.8) is 0 Å². The van der Waals surface area contributed by atoms with Crippen LogP contribution in [0.25, 0.3) is 0 Å². The Labute approximate surface area is 158 Å². The van der Waals surface area contributed by atoms with Crippen molar-refractivity contribution in [1.82, 2.24) is 10.2 Å². The molecule has 1 aromatic carbocycles. The molecule has 2 aliphatic heterocycles. The largest absolute Gasteiger partial charge is 0.434 e. The van der Waals surface area contributed by atoms with Crippen molar-refractivity contribution in [2.24, 2.45) is 0 Å². The van der Waals surface area contributed by atoms with Crippen molar-refractivity contribution in [3.05, 3.63) is 28.8 Å². The van der Waals surface area contributed by atoms with Crippen LogP contribution in [0.15, 0.2) is 12.1 Å². The number of nitrogens with zero attached hydrogens (tertiary/aromatic N) is 1. The second kappa shape index (κ2) is 8.87. The van der Waals surface area contributed by atoms with Crippen LogP contribution < -0.4 is 10.1 Å². The summed E-state index contributed by atoms with van der Waals surface area (Å²) in [7, 11) is 0. The third kappa shape index (κ3) is 4.68. The highest BCUT2D eigenvalue weighted by Gasteiger charge is 2.40. The van der Waals surface area contributed by atoms with Gasteiger partial charge in [-0.25, -0.2) is 0 Å². The van der Waals surface area contributed by atoms with Crippen molar-refractivity contribution >= 4 is 11.8 Å². The molecule has 0 radical (unpaired) electrons. The molecule has 26 heavy (non-hydrogen) atoms. The van der Waals surface area contributed by atoms with E-state index in [1.807, 2.05) is 37.7 Å². The van der Waals surface area contributed by atoms with Gasteiger partial charge in [-0.1, -0.05) is 12.1 Å². The van der Waals surface area contributed by atoms with Crippen LogP contribution in [-0.4, -0.2) is 61.4 Å². The van der Waals surface area contributed by atoms with Gasteiger partial charge in [0, 0.05) is 37.5 Å². The molecule has 0 amide bonds. The molecular weight excluding hydrogens is 358 g/mol. The molecule has 2 saturated heterocycles. The van der Waals surface area contributed by atoms with E-state index in [4.69, 9.17) is 4.74 Å². The van der Waals surface area contributed by atoms with Crippen molar-refractivity contribution in [2.75, 3.05) is 44.4 Å². The molecule has 1 atom stereocenters. The average Bonchev–Trinajstić information content (AvgIpc) is 3.09. The van der Waals surface area contributed by atoms with E-state index < -0.39 is 6.61 Å². The van der Waals surface area contributed by atoms with Crippen molar-refractivity contribution < 1.29 is 18.3 Å². The molecular formula is C19H28F2N2O2S. The number of morpholine rings is 1. The predicted molar refractivity (Wildman–Crippen MR) is 101 cm³/mol. The van der Waals surface area contributed by atoms with Crippen LogP contribution in [-0.2, 0) is 11.3 Å². The van der Waals surface area contributed by atoms with Gasteiger partial charge in [-0.2, -0.15) is 20.5 Å². The molecule has 146 valence electrons. The summed E-state index contributed by atoms with van der Waals surface area (Å²) in [6.07, 6.45) is 1.20. The number of hydrogen-bond acceptors (Lipinski definition) is 5. The summed E-state index contributed by atoms with van der Waals surface area (Å²) in [6.45, 7) is 6.15. The molecule has 1 aromatic rings. The Kier molecular flexibility index (Phi) is 6.77. The first-order valence-corrected chi connectivity index (χ1v) is 10.3. The number of thioether (sulfide) groups is 1. The fourth-order valence-electron chi connectivity index (χ4n) is 3.99. The maximum absolute atomic E-state index is 12.5. The molecule has 2 aliphatic rings. The number of halogens is 2. The summed E-state index contributed by atoms with van der Waals surface area (Å²) in [6, 6.07) is 3.87. The highest BCUT2D eigenvalue weighted by Crippen LogP contribution is 2.34. The van der Waals surface area contributed by atoms with Gasteiger partial charge in [-0.15, -0.1) is 0 Å². The monoisotopic (exact) mass is 386 g/mol. The van der Waals surface area contributed by atoms with Gasteiger partial charge in [-0.3, -0.25) is 4.90 Å². The van der Waals surface area contributed by atoms with E-state index in [9.17, 15) is 8.78 Å². The lowest BCUT2D eigenvalue weighted by Crippen LogP contribution is -2.58. The van der Waals surface area contributed by atoms with Crippen LogP contribution in [0, 0.1) is 13.8 Å². The summed E-state index contributed by atoms with van der Waals surface area (Å²) >= 11 is 2.02. The van der Waals surface area contributed by atoms with Gasteiger partial charge in [0.25, 0.3) is 0 Å². The summed E-state index contributed by atoms with van der Waals surface area (Å²) in [4.78, 5) is 2.58. The number of aryl methyl sites for hydroxylation is 2. The second-order valence-corrected chi connectivity index (χ2v) is 8.27. The molecule has 2 heterocycles. The highest BCUT2D eigenvalue weighted by molar-refractivity contribution is 7.99. The molecule has 0 saturated carbocycles. The van der Waals surface area contributed by atoms with Gasteiger partial charge < -0.3 is 14.8 Å². The molecule has 1 unspecified atom stereocenters. The lowest BCUT2D eigenvalue weighted by Gasteiger charge is -2.43. The summed E-state index contributed by atoms with van der Waals surface area (Å²) in [5.74, 6) is 2.65. The zero-order valence-electron chi connectivity index (χ0n) is 15.5. The first-order chi connectivity index (χ1) is 12.5. The minimum absolute atomic E-state index is 0.206. The van der Waals surface area contributed by atoms with E-state index in [0.29, 0.717) is 5.75 Å². The van der Waals surface area contributed by atoms with Gasteiger partial charge >= 0.3 is 6.61 Å². The zero-order valence-corrected chi connectivity index (χ0v) is 16.3. The third-order valence-corrected chi connectivity index (χ3v) is 6.51. The summed E-state index contributed by atoms with van der Waals surface area (Å²) in [5, 5.41) is 3.61. The normalized spacial score (nSPS) is 24.3. The predicted octanol–water partition coefficient (Wildman–Crippen LogP) is 3.20. The standard InChI is InChI=1S/C19H28F2N2O2S/c1-14-9-16(10-15(2)17(14)25-18(20)21)11-22-12-19(3-8-26-13-19)23-4-6-24-7-5-23/h9-10,18,22H,3-8,11-13H2,1-2H3. The van der Waals surface area contributed by atoms with Crippen LogP contribution >= 0.6 is 11.8 Å². The van der Waals surface area contributed by atoms with Crippen molar-refractivity contribution in [2.45, 2.75) is 39.0 Å². The Morgan fingerprint density at radius 3 is 2.54 bits per heavy atom. The SMILES string of the molecule is Cc1cc(CNCC2(N3CCOCC3)CCSC2)cc(C)c1OC(F)F. The van der Waals surface area contributed by atoms with Gasteiger partial charge in [-0.05, 0) is 42.7 Å². The van der Waals surface area contributed by atoms with Crippen LogP contribution in [0.5, 0.6) is 5.75 Å². The number of hydrogen-bond donors (Lipinski definition) is 1. The van der Waals surface area contributed by atoms with E-state index in [-0.39, 0.29) is 5.54 Å². The molecule has 7 heteroatoms. The fraction of sp³-hybridized carbons (Fsp3) is 0.684. The maximum atomic E-state index is 12.5. The van der Waals surface area contributed by atoms with E-state index in [1.165, 1.54) is 12.2 Å². The Morgan fingerprint density at radius 1 is 1.27 bits per heavy atom. The number of rotatable bonds is 7. The molecule has 0 spiro atoms. The Hall–Kier alpha value is -0.890. The molecule has 0 aliphatic carbocycles. The molecule has 2 fully saturated rings. The van der Waals surface area contributed by atoms with Gasteiger partial charge in [0.15, 0.2) is 0 Å². The number of nitrogens with one attached hydrogen (secondary N) is 1. The lowest BCUT2D eigenvalue weighted by atomic mass is 9.95. The number of alkyl halides is 2. The van der Waals surface area contributed by atoms with E-state index >= 15 is 0 Å². The zero-order chi connectivity index (χ0) is 18.6. The molecule has 3 rings (SSSR count). The van der Waals surface area contributed by atoms with Gasteiger partial charge in [0.1, 0.15) is 5.75 Å². The van der Waals surface area contributed by atoms with Gasteiger partial charge in [0.05, 0.1) is 13.2 Å². The summed E-state index contributed by atoms with van der Waals surface area (Å²) < 4.78 is 35.2. The molecule has 0 aromatic heterocycles. The molecule has 4 nitrogen and oxygen atoms in total. The fourth-order valence-corrected chi connectivity index (χ4v) is 5.47. The van der Waals surface area contributed by atoms with E-state index in [0.717, 1.165) is 61.8 Å². The Bertz CT molecular complexity index is 580. The smallest absolute Gasteiger partial charge is 0.387 e. The topological polar surface area (TPSA) is 33.7 Å². The second-order valence-electron chi connectivity index (χ2n) is 7.17. The lowest BCUT2D eigenvalue weighted by molar-refractivity contribution is -0.0507. The first-order valence-electron chi connectivity index (χ1n) is 9.16. The van der Waals surface area contributed by atoms with Crippen molar-refractivity contribution in [3.8, 4) is 5.75 Å². The number of benzene rings is 1. The third-order valence-electron chi connectivity index (χ3n) is 5.27. The maximum Gasteiger partial charge on any atom is 0.387 e. The van der Waals surface area contributed by atoms with Crippen molar-refractivity contribution in [1.29, 1.82) is 0 Å². The van der Waals surface area contributed by atoms with Crippen LogP contribution in [0.4, 0.5) is 8.78 Å². The summed E-state index contributed by atoms with van der Waals surface area (Å²) in [5.41, 5.74) is 2.81. The van der Waals surface area contributed by atoms with E-state index in [2.05, 4.69) is 15.0 Å². The van der Waals surface area contributed by atoms with Gasteiger partial charge in [0.2, 0.25) is 0 Å². The molecule has 0 bridgehead atoms. The minimum atomic E-state index is -2.79. The van der Waals surface area contributed by atoms with Crippen LogP contribution in [0.1, 0.15) is 23.1 Å².